The molecule has 68 valence electrons. The first-order valence-electron chi connectivity index (χ1n) is 3.67. The predicted octanol–water partition coefficient (Wildman–Crippen LogP) is -0.215. The number of carbonyl (C=O) groups is 1. The molecule has 1 aliphatic heterocycles. The lowest BCUT2D eigenvalue weighted by molar-refractivity contribution is -0.122. The first-order chi connectivity index (χ1) is 5.24. The van der Waals surface area contributed by atoms with Crippen LogP contribution in [0.1, 0.15) is 12.8 Å². The molecule has 1 amide bonds. The summed E-state index contributed by atoms with van der Waals surface area (Å²) in [6.45, 7) is 0.724. The third-order valence-corrected chi connectivity index (χ3v) is 1.87. The summed E-state index contributed by atoms with van der Waals surface area (Å²) < 4.78 is 0. The Bertz CT molecular complexity index is 201. The number of nitrogens with zero attached hydrogens (tertiary/aromatic N) is 1. The fraction of sp³-hybridized carbons (Fsp3) is 0.714. The predicted molar refractivity (Wildman–Crippen MR) is 46.6 cm³/mol. The summed E-state index contributed by atoms with van der Waals surface area (Å²) in [5, 5.41) is 11.1. The van der Waals surface area contributed by atoms with Crippen molar-refractivity contribution in [2.45, 2.75) is 18.9 Å². The monoisotopic (exact) mass is 189 g/mol. The van der Waals surface area contributed by atoms with Crippen molar-refractivity contribution in [2.24, 2.45) is 11.7 Å². The van der Waals surface area contributed by atoms with Gasteiger partial charge in [0, 0.05) is 12.5 Å². The van der Waals surface area contributed by atoms with Gasteiger partial charge in [-0.2, -0.15) is 5.26 Å². The summed E-state index contributed by atoms with van der Waals surface area (Å²) in [6.07, 6.45) is 1.30. The lowest BCUT2D eigenvalue weighted by Gasteiger charge is -2.06. The molecule has 0 radical (unpaired) electrons. The molecule has 1 fully saturated rings. The highest BCUT2D eigenvalue weighted by Crippen LogP contribution is 2.14. The quantitative estimate of drug-likeness (QED) is 0.631. The Hall–Kier alpha value is -0.790. The molecule has 0 saturated carbocycles. The van der Waals surface area contributed by atoms with Gasteiger partial charge in [-0.1, -0.05) is 0 Å². The van der Waals surface area contributed by atoms with E-state index < -0.39 is 6.04 Å². The molecule has 3 N–H and O–H groups in total. The van der Waals surface area contributed by atoms with E-state index in [1.54, 1.807) is 0 Å². The number of nitrogens with one attached hydrogen (secondary N) is 1. The number of halogens is 1. The van der Waals surface area contributed by atoms with Gasteiger partial charge in [0.15, 0.2) is 0 Å². The van der Waals surface area contributed by atoms with Crippen LogP contribution in [0.3, 0.4) is 0 Å². The van der Waals surface area contributed by atoms with Crippen LogP contribution in [0.5, 0.6) is 0 Å². The van der Waals surface area contributed by atoms with Crippen LogP contribution in [-0.4, -0.2) is 18.5 Å². The molecule has 1 rings (SSSR count). The molecule has 1 heterocycles. The largest absolute Gasteiger partial charge is 0.356 e. The van der Waals surface area contributed by atoms with Gasteiger partial charge in [-0.3, -0.25) is 4.79 Å². The summed E-state index contributed by atoms with van der Waals surface area (Å²) in [7, 11) is 0. The number of nitrogens with two attached hydrogens (primary N) is 1. The molecule has 2 atom stereocenters. The van der Waals surface area contributed by atoms with Crippen molar-refractivity contribution in [3.8, 4) is 6.07 Å². The van der Waals surface area contributed by atoms with Gasteiger partial charge in [0.1, 0.15) is 0 Å². The van der Waals surface area contributed by atoms with Crippen molar-refractivity contribution in [1.82, 2.24) is 5.32 Å². The summed E-state index contributed by atoms with van der Waals surface area (Å²) >= 11 is 0. The second kappa shape index (κ2) is 4.96. The zero-order valence-corrected chi connectivity index (χ0v) is 7.43. The Labute approximate surface area is 77.5 Å². The number of hydrogen-bond donors (Lipinski definition) is 2. The zero-order chi connectivity index (χ0) is 8.27. The first-order valence-corrected chi connectivity index (χ1v) is 3.67. The lowest BCUT2D eigenvalue weighted by Crippen LogP contribution is -2.26. The van der Waals surface area contributed by atoms with Gasteiger partial charge in [-0.05, 0) is 12.8 Å². The number of nitriles is 1. The van der Waals surface area contributed by atoms with Crippen molar-refractivity contribution < 1.29 is 4.79 Å². The Morgan fingerprint density at radius 3 is 2.92 bits per heavy atom. The van der Waals surface area contributed by atoms with E-state index in [4.69, 9.17) is 11.0 Å². The van der Waals surface area contributed by atoms with Gasteiger partial charge in [-0.25, -0.2) is 0 Å². The van der Waals surface area contributed by atoms with E-state index in [-0.39, 0.29) is 24.2 Å². The SMILES string of the molecule is Cl.N#C[C@@H](N)C[C@@H]1CCNC1=O. The second-order valence-corrected chi connectivity index (χ2v) is 2.75. The van der Waals surface area contributed by atoms with E-state index in [9.17, 15) is 4.79 Å². The van der Waals surface area contributed by atoms with Crippen molar-refractivity contribution in [3.05, 3.63) is 0 Å². The highest BCUT2D eigenvalue weighted by molar-refractivity contribution is 5.85. The number of hydrogen-bond acceptors (Lipinski definition) is 3. The third kappa shape index (κ3) is 2.68. The van der Waals surface area contributed by atoms with E-state index in [1.165, 1.54) is 0 Å². The molecule has 0 spiro atoms. The number of carbonyl (C=O) groups excluding carboxylic acids is 1. The van der Waals surface area contributed by atoms with Crippen molar-refractivity contribution >= 4 is 18.3 Å². The van der Waals surface area contributed by atoms with Crippen LogP contribution >= 0.6 is 12.4 Å². The molecule has 1 aliphatic rings. The Morgan fingerprint density at radius 2 is 2.50 bits per heavy atom. The Balaban J connectivity index is 0.00000121. The van der Waals surface area contributed by atoms with Crippen molar-refractivity contribution in [3.63, 3.8) is 0 Å². The molecule has 0 aliphatic carbocycles. The molecule has 0 aromatic carbocycles. The van der Waals surface area contributed by atoms with Gasteiger partial charge in [0.05, 0.1) is 12.1 Å². The maximum Gasteiger partial charge on any atom is 0.223 e. The molecule has 1 saturated heterocycles. The van der Waals surface area contributed by atoms with Crippen LogP contribution in [0.25, 0.3) is 0 Å². The maximum absolute atomic E-state index is 10.9. The molecule has 4 nitrogen and oxygen atoms in total. The smallest absolute Gasteiger partial charge is 0.223 e. The molecule has 12 heavy (non-hydrogen) atoms. The van der Waals surface area contributed by atoms with Crippen LogP contribution < -0.4 is 11.1 Å². The molecule has 0 aromatic rings. The molecule has 0 aromatic heterocycles. The Kier molecular flexibility index (Phi) is 4.64. The van der Waals surface area contributed by atoms with Crippen molar-refractivity contribution in [2.75, 3.05) is 6.54 Å². The van der Waals surface area contributed by atoms with E-state index >= 15 is 0 Å². The molecule has 0 unspecified atom stereocenters. The topological polar surface area (TPSA) is 78.9 Å². The minimum absolute atomic E-state index is 0. The fourth-order valence-corrected chi connectivity index (χ4v) is 1.23. The van der Waals surface area contributed by atoms with Crippen LogP contribution in [0, 0.1) is 17.2 Å². The minimum Gasteiger partial charge on any atom is -0.356 e. The van der Waals surface area contributed by atoms with E-state index in [1.807, 2.05) is 6.07 Å². The first kappa shape index (κ1) is 11.2. The zero-order valence-electron chi connectivity index (χ0n) is 6.62. The standard InChI is InChI=1S/C7H11N3O.ClH/c8-4-6(9)3-5-1-2-10-7(5)11;/h5-6H,1-3,9H2,(H,10,11);1H/t5-,6-;/m0./s1. The number of rotatable bonds is 2. The van der Waals surface area contributed by atoms with Crippen LogP contribution in [0.2, 0.25) is 0 Å². The van der Waals surface area contributed by atoms with Crippen LogP contribution in [0.15, 0.2) is 0 Å². The van der Waals surface area contributed by atoms with Gasteiger partial charge in [-0.15, -0.1) is 12.4 Å². The Morgan fingerprint density at radius 1 is 1.83 bits per heavy atom. The molecular weight excluding hydrogens is 178 g/mol. The normalized spacial score (nSPS) is 23.7. The van der Waals surface area contributed by atoms with E-state index in [2.05, 4.69) is 5.32 Å². The molecule has 0 bridgehead atoms. The number of amides is 1. The molecule has 5 heteroatoms. The summed E-state index contributed by atoms with van der Waals surface area (Å²) in [5.41, 5.74) is 5.37. The highest BCUT2D eigenvalue weighted by Gasteiger charge is 2.25. The van der Waals surface area contributed by atoms with E-state index in [0.717, 1.165) is 13.0 Å². The van der Waals surface area contributed by atoms with Crippen LogP contribution in [-0.2, 0) is 4.79 Å². The van der Waals surface area contributed by atoms with Crippen molar-refractivity contribution in [1.29, 1.82) is 5.26 Å². The minimum atomic E-state index is -0.496. The average Bonchev–Trinajstić information content (AvgIpc) is 2.37. The average molecular weight is 190 g/mol. The summed E-state index contributed by atoms with van der Waals surface area (Å²) in [5.74, 6) is 0.000324. The fourth-order valence-electron chi connectivity index (χ4n) is 1.23. The molecular formula is C7H12ClN3O. The third-order valence-electron chi connectivity index (χ3n) is 1.87. The van der Waals surface area contributed by atoms with Crippen LogP contribution in [0.4, 0.5) is 0 Å². The van der Waals surface area contributed by atoms with Gasteiger partial charge >= 0.3 is 0 Å². The highest BCUT2D eigenvalue weighted by atomic mass is 35.5. The van der Waals surface area contributed by atoms with Gasteiger partial charge < -0.3 is 11.1 Å². The van der Waals surface area contributed by atoms with Gasteiger partial charge in [0.25, 0.3) is 0 Å². The second-order valence-electron chi connectivity index (χ2n) is 2.75. The summed E-state index contributed by atoms with van der Waals surface area (Å²) in [6, 6.07) is 1.41. The van der Waals surface area contributed by atoms with E-state index in [0.29, 0.717) is 6.42 Å². The summed E-state index contributed by atoms with van der Waals surface area (Å²) in [4.78, 5) is 10.9. The van der Waals surface area contributed by atoms with Gasteiger partial charge in [0.2, 0.25) is 5.91 Å². The lowest BCUT2D eigenvalue weighted by atomic mass is 10.00. The maximum atomic E-state index is 10.9.